The molecular weight excluding hydrogens is 1970 g/mol. The van der Waals surface area contributed by atoms with Crippen molar-refractivity contribution in [3.8, 4) is 40.6 Å². The van der Waals surface area contributed by atoms with Gasteiger partial charge in [-0.25, -0.2) is 67.0 Å². The van der Waals surface area contributed by atoms with Gasteiger partial charge in [0, 0.05) is 74.7 Å². The van der Waals surface area contributed by atoms with Crippen LogP contribution in [0.15, 0.2) is 127 Å². The third kappa shape index (κ3) is 27.6. The van der Waals surface area contributed by atoms with Crippen LogP contribution in [0.1, 0.15) is 134 Å². The van der Waals surface area contributed by atoms with Gasteiger partial charge in [0.05, 0.1) is 66.8 Å². The quantitative estimate of drug-likeness (QED) is 0.0249. The molecule has 118 heavy (non-hydrogen) atoms. The number of nitrogens with one attached hydrogen (secondary N) is 5. The highest BCUT2D eigenvalue weighted by Gasteiger charge is 2.26. The Hall–Kier alpha value is -9.43. The van der Waals surface area contributed by atoms with E-state index in [0.29, 0.717) is 123 Å². The molecule has 1 aliphatic heterocycles. The lowest BCUT2D eigenvalue weighted by molar-refractivity contribution is 0.0268. The van der Waals surface area contributed by atoms with Gasteiger partial charge in [0.15, 0.2) is 22.6 Å². The number of hydrogen-bond donors (Lipinski definition) is 6. The van der Waals surface area contributed by atoms with E-state index in [9.17, 15) is 37.1 Å². The molecule has 29 nitrogen and oxygen atoms in total. The molecule has 0 saturated carbocycles. The molecule has 4 aromatic carbocycles. The number of fused-ring (bicyclic) bond motifs is 5. The van der Waals surface area contributed by atoms with Crippen LogP contribution in [0.3, 0.4) is 0 Å². The number of aliphatic hydroxyl groups excluding tert-OH is 1. The van der Waals surface area contributed by atoms with E-state index in [0.717, 1.165) is 32.0 Å². The normalized spacial score (nSPS) is 13.3. The lowest BCUT2D eigenvalue weighted by atomic mass is 10.1. The number of carbonyl (C=O) groups excluding carboxylic acids is 3. The van der Waals surface area contributed by atoms with Crippen LogP contribution in [0.4, 0.5) is 27.2 Å². The van der Waals surface area contributed by atoms with Gasteiger partial charge in [0.2, 0.25) is 17.6 Å². The Bertz CT molecular complexity index is 5350. The van der Waals surface area contributed by atoms with E-state index in [1.54, 1.807) is 118 Å². The smallest absolute Gasteiger partial charge is 0.410 e. The number of halogens is 9. The number of nitrogens with zero attached hydrogens (tertiary/aromatic N) is 11. The molecule has 3 amide bonds. The number of ether oxygens (including phenoxy) is 9. The van der Waals surface area contributed by atoms with Crippen LogP contribution in [-0.4, -0.2) is 190 Å². The molecule has 8 aromatic heterocycles. The van der Waals surface area contributed by atoms with Crippen LogP contribution < -0.4 is 38.5 Å². The largest absolute Gasteiger partial charge is 0.492 e. The second-order valence-electron chi connectivity index (χ2n) is 27.9. The van der Waals surface area contributed by atoms with Crippen molar-refractivity contribution < 1.29 is 79.7 Å². The summed E-state index contributed by atoms with van der Waals surface area (Å²) in [6, 6.07) is 16.9. The first kappa shape index (κ1) is 95.7. The second kappa shape index (κ2) is 44.0. The van der Waals surface area contributed by atoms with Gasteiger partial charge in [-0.2, -0.15) is 0 Å². The van der Waals surface area contributed by atoms with Crippen molar-refractivity contribution in [1.82, 2.24) is 79.8 Å². The summed E-state index contributed by atoms with van der Waals surface area (Å²) >= 11 is 9.82. The van der Waals surface area contributed by atoms with Gasteiger partial charge in [-0.15, -0.1) is 12.4 Å². The topological polar surface area (TPSA) is 343 Å². The van der Waals surface area contributed by atoms with Gasteiger partial charge < -0.3 is 87.7 Å². The fourth-order valence-electron chi connectivity index (χ4n) is 10.7. The monoisotopic (exact) mass is 2060 g/mol. The molecule has 0 aliphatic carbocycles. The Morgan fingerprint density at radius 2 is 1.03 bits per heavy atom. The molecule has 2 unspecified atom stereocenters. The first-order valence-electron chi connectivity index (χ1n) is 36.2. The average Bonchev–Trinajstić information content (AvgIpc) is 1.66. The maximum absolute atomic E-state index is 14.0. The highest BCUT2D eigenvalue weighted by atomic mass is 127. The van der Waals surface area contributed by atoms with Crippen LogP contribution >= 0.6 is 96.1 Å². The zero-order chi connectivity index (χ0) is 84.3. The van der Waals surface area contributed by atoms with Gasteiger partial charge in [-0.05, 0) is 233 Å². The van der Waals surface area contributed by atoms with Crippen LogP contribution in [0, 0.1) is 34.0 Å². The van der Waals surface area contributed by atoms with Gasteiger partial charge in [-0.3, -0.25) is 4.79 Å². The van der Waals surface area contributed by atoms with Crippen LogP contribution in [-0.2, 0) is 9.47 Å². The fourth-order valence-corrected chi connectivity index (χ4v) is 12.5. The van der Waals surface area contributed by atoms with E-state index in [4.69, 9.17) is 42.6 Å². The lowest BCUT2D eigenvalue weighted by Crippen LogP contribution is -2.36. The first-order valence-corrected chi connectivity index (χ1v) is 40.2. The third-order valence-electron chi connectivity index (χ3n) is 16.5. The molecule has 0 saturated heterocycles. The number of carbonyl (C=O) groups is 3. The zero-order valence-electron chi connectivity index (χ0n) is 66.2. The second-order valence-corrected chi connectivity index (χ2v) is 32.2. The van der Waals surface area contributed by atoms with Crippen LogP contribution in [0.25, 0.3) is 44.7 Å². The summed E-state index contributed by atoms with van der Waals surface area (Å²) in [5, 5.41) is 12.6. The summed E-state index contributed by atoms with van der Waals surface area (Å²) in [7, 11) is 6.77. The Morgan fingerprint density at radius 3 is 1.51 bits per heavy atom. The Kier molecular flexibility index (Phi) is 35.7. The van der Waals surface area contributed by atoms with E-state index in [2.05, 4.69) is 149 Å². The number of benzene rings is 4. The zero-order valence-corrected chi connectivity index (χ0v) is 75.1. The van der Waals surface area contributed by atoms with E-state index in [1.165, 1.54) is 83.7 Å². The predicted molar refractivity (Wildman–Crippen MR) is 469 cm³/mol. The summed E-state index contributed by atoms with van der Waals surface area (Å²) in [6.07, 6.45) is 10.1. The Labute approximate surface area is 734 Å². The number of aliphatic hydroxyl groups is 1. The number of aromatic nitrogens is 12. The number of rotatable bonds is 19. The molecule has 0 spiro atoms. The van der Waals surface area contributed by atoms with Crippen molar-refractivity contribution in [2.75, 3.05) is 80.8 Å². The average molecular weight is 2060 g/mol. The molecule has 13 rings (SSSR count). The number of likely N-dealkylation sites (N-methyl/N-ethyl adjacent to an activating group) is 4. The Morgan fingerprint density at radius 1 is 0.619 bits per heavy atom. The standard InChI is InChI=1S/C22H26FIN4O4.C18H17FN4O3.C17H18FIN4O2.C16H24FNO4.C6H3BrIN3.CH4.ClH/c1-13(31-18-12-26-20-19(27-18)16(24)11-25-20)15-10-14(23)6-7-17(15)30-9-8-28(5)21(29)32-22(2,3)4;1-10-12-7-11(19)3-4-14(12)25-6-5-23(2)18(24)13-8-20-17-16(13)22-15(26-10)9-21-17;1-10(12-7-11(18)3-4-14(12)24-6-5-20-2)25-15-9-22-17-16(23-15)13(19)8-21-17;1-11(19)13-10-12(17)6-7-14(13)21-9-8-18(5)15(20)22-16(2,3)4;7-4-2-10-6-5(11-4)3(8)1-9-6;;/h6-7,10-13H,8-9H2,1-5H3,(H,25,26);3-4,7-10H,5-6H2,1-2H3,(H,20,21);3-4,7-10,20H,5-6H2,1-2H3,(H,21,22);6-7,10-11,19H,8-9H2,1-5H3;1-2H,(H,9,10);1H4;1H/t;10-;;11-;;;/m.1.1.../s1. The predicted octanol–water partition coefficient (Wildman–Crippen LogP) is 17.7. The molecule has 9 heterocycles. The molecule has 38 heteroatoms. The molecule has 0 radical (unpaired) electrons. The summed E-state index contributed by atoms with van der Waals surface area (Å²) in [4.78, 5) is 87.5. The summed E-state index contributed by atoms with van der Waals surface area (Å²) < 4.78 is 109. The van der Waals surface area contributed by atoms with Crippen LogP contribution in [0.5, 0.6) is 40.6 Å². The van der Waals surface area contributed by atoms with E-state index < -0.39 is 59.4 Å². The van der Waals surface area contributed by atoms with Crippen molar-refractivity contribution in [3.63, 3.8) is 0 Å². The Balaban J connectivity index is 0.000000208. The molecule has 1 aliphatic rings. The van der Waals surface area contributed by atoms with Crippen molar-refractivity contribution in [1.29, 1.82) is 0 Å². The maximum atomic E-state index is 14.0. The molecule has 12 aromatic rings. The number of hydrogen-bond acceptors (Lipinski definition) is 22. The third-order valence-corrected chi connectivity index (χ3v) is 19.3. The molecule has 6 N–H and O–H groups in total. The van der Waals surface area contributed by atoms with Crippen molar-refractivity contribution in [2.45, 2.75) is 112 Å². The van der Waals surface area contributed by atoms with E-state index in [1.807, 2.05) is 32.6 Å². The fraction of sp³-hybridized carbons (Fsp3) is 0.362. The molecule has 4 atom stereocenters. The van der Waals surface area contributed by atoms with Crippen molar-refractivity contribution in [3.05, 3.63) is 189 Å². The van der Waals surface area contributed by atoms with E-state index in [-0.39, 0.29) is 63.1 Å². The maximum Gasteiger partial charge on any atom is 0.410 e. The van der Waals surface area contributed by atoms with Gasteiger partial charge >= 0.3 is 12.2 Å². The minimum absolute atomic E-state index is 0. The summed E-state index contributed by atoms with van der Waals surface area (Å²) in [5.41, 5.74) is 6.87. The van der Waals surface area contributed by atoms with Gasteiger partial charge in [0.25, 0.3) is 5.91 Å². The molecular formula is C80H93BrClF4I3N16O13. The highest BCUT2D eigenvalue weighted by Crippen LogP contribution is 2.35. The number of amides is 3. The van der Waals surface area contributed by atoms with Gasteiger partial charge in [-0.1, -0.05) is 7.43 Å². The highest BCUT2D eigenvalue weighted by molar-refractivity contribution is 14.1. The minimum Gasteiger partial charge on any atom is -0.492 e. The lowest BCUT2D eigenvalue weighted by Gasteiger charge is -2.25. The molecule has 634 valence electrons. The minimum atomic E-state index is -0.839. The van der Waals surface area contributed by atoms with Gasteiger partial charge in [0.1, 0.15) is 129 Å². The summed E-state index contributed by atoms with van der Waals surface area (Å²) in [5.74, 6) is 1.14. The molecule has 0 fully saturated rings. The van der Waals surface area contributed by atoms with Crippen LogP contribution in [0.2, 0.25) is 0 Å². The van der Waals surface area contributed by atoms with Crippen molar-refractivity contribution >= 4 is 159 Å². The molecule has 2 bridgehead atoms. The number of H-pyrrole nitrogens is 4. The SMILES string of the molecule is Brc1cnc2[nH]cc(I)c2n1.C.CC(Oc1cnc2[nH]cc(I)c2n1)c1cc(F)ccc1OCCN(C)C(=O)OC(C)(C)C.CNCCOc1ccc(F)cc1C(C)Oc1cnc2[nH]cc(I)c2n1.C[C@@H](O)c1cc(F)ccc1OCCN(C)C(=O)OC(C)(C)C.C[C@H]1Oc2cnc3[nH]cc(c3n2)C(=O)N(C)CCOc2ccc(F)cc21.Cl. The van der Waals surface area contributed by atoms with E-state index >= 15 is 0 Å². The van der Waals surface area contributed by atoms with Crippen molar-refractivity contribution in [2.24, 2.45) is 0 Å². The number of aromatic amines is 4. The first-order chi connectivity index (χ1) is 55.0. The summed E-state index contributed by atoms with van der Waals surface area (Å²) in [6.45, 7) is 20.6.